The minimum Gasteiger partial charge on any atom is -0.497 e. The first-order valence-electron chi connectivity index (χ1n) is 9.90. The third kappa shape index (κ3) is 4.52. The zero-order valence-electron chi connectivity index (χ0n) is 18.1. The van der Waals surface area contributed by atoms with Crippen molar-refractivity contribution < 1.29 is 33.4 Å². The lowest BCUT2D eigenvalue weighted by atomic mass is 10.1. The number of carbonyl (C=O) groups is 4. The standard InChI is InChI=1S/C24H18N2O7S/c1-31-16-8-6-15(7-9-16)26-22(28)17(21(27)25-24(26)30)12-14-5-10-18(19(13-14)32-2)33-23(29)20-4-3-11-34-20/h3-13H,1-2H3,(H,25,27,30)/b17-12-. The molecule has 0 atom stereocenters. The van der Waals surface area contributed by atoms with E-state index in [0.29, 0.717) is 16.2 Å². The van der Waals surface area contributed by atoms with E-state index < -0.39 is 23.8 Å². The van der Waals surface area contributed by atoms with Crippen LogP contribution in [0, 0.1) is 0 Å². The number of amides is 4. The molecule has 1 aliphatic rings. The molecule has 2 heterocycles. The van der Waals surface area contributed by atoms with E-state index in [1.54, 1.807) is 35.7 Å². The second kappa shape index (κ2) is 9.59. The summed E-state index contributed by atoms with van der Waals surface area (Å²) in [5, 5.41) is 3.93. The lowest BCUT2D eigenvalue weighted by molar-refractivity contribution is -0.122. The number of thiophene rings is 1. The van der Waals surface area contributed by atoms with Crippen LogP contribution in [-0.4, -0.2) is 38.0 Å². The second-order valence-corrected chi connectivity index (χ2v) is 7.88. The molecule has 10 heteroatoms. The molecule has 34 heavy (non-hydrogen) atoms. The van der Waals surface area contributed by atoms with Gasteiger partial charge in [0, 0.05) is 0 Å². The van der Waals surface area contributed by atoms with Crippen LogP contribution in [0.3, 0.4) is 0 Å². The normalized spacial score (nSPS) is 14.7. The van der Waals surface area contributed by atoms with E-state index in [1.807, 2.05) is 0 Å². The Labute approximate surface area is 198 Å². The highest BCUT2D eigenvalue weighted by atomic mass is 32.1. The van der Waals surface area contributed by atoms with Crippen LogP contribution in [-0.2, 0) is 9.59 Å². The lowest BCUT2D eigenvalue weighted by Gasteiger charge is -2.26. The van der Waals surface area contributed by atoms with Crippen molar-refractivity contribution in [3.63, 3.8) is 0 Å². The predicted molar refractivity (Wildman–Crippen MR) is 124 cm³/mol. The van der Waals surface area contributed by atoms with Crippen molar-refractivity contribution in [2.24, 2.45) is 0 Å². The summed E-state index contributed by atoms with van der Waals surface area (Å²) in [6.45, 7) is 0. The largest absolute Gasteiger partial charge is 0.497 e. The van der Waals surface area contributed by atoms with Crippen LogP contribution in [0.2, 0.25) is 0 Å². The van der Waals surface area contributed by atoms with Crippen molar-refractivity contribution in [3.05, 3.63) is 76.0 Å². The first-order chi connectivity index (χ1) is 16.4. The van der Waals surface area contributed by atoms with Gasteiger partial charge in [0.15, 0.2) is 11.5 Å². The summed E-state index contributed by atoms with van der Waals surface area (Å²) >= 11 is 1.25. The summed E-state index contributed by atoms with van der Waals surface area (Å²) in [7, 11) is 2.90. The third-order valence-corrected chi connectivity index (χ3v) is 5.71. The lowest BCUT2D eigenvalue weighted by Crippen LogP contribution is -2.54. The molecule has 1 aromatic heterocycles. The molecule has 1 N–H and O–H groups in total. The highest BCUT2D eigenvalue weighted by Crippen LogP contribution is 2.31. The van der Waals surface area contributed by atoms with Crippen molar-refractivity contribution in [1.29, 1.82) is 0 Å². The van der Waals surface area contributed by atoms with Crippen molar-refractivity contribution in [2.75, 3.05) is 19.1 Å². The summed E-state index contributed by atoms with van der Waals surface area (Å²) in [4.78, 5) is 51.4. The number of hydrogen-bond donors (Lipinski definition) is 1. The average molecular weight is 478 g/mol. The molecule has 1 fully saturated rings. The third-order valence-electron chi connectivity index (χ3n) is 4.86. The zero-order valence-corrected chi connectivity index (χ0v) is 18.9. The maximum Gasteiger partial charge on any atom is 0.353 e. The van der Waals surface area contributed by atoms with Crippen molar-refractivity contribution in [3.8, 4) is 17.2 Å². The molecule has 0 saturated carbocycles. The van der Waals surface area contributed by atoms with E-state index in [1.165, 1.54) is 55.9 Å². The van der Waals surface area contributed by atoms with Crippen LogP contribution >= 0.6 is 11.3 Å². The Kier molecular flexibility index (Phi) is 6.42. The predicted octanol–water partition coefficient (Wildman–Crippen LogP) is 3.65. The van der Waals surface area contributed by atoms with E-state index in [-0.39, 0.29) is 22.8 Å². The van der Waals surface area contributed by atoms with Crippen LogP contribution in [0.1, 0.15) is 15.2 Å². The number of nitrogens with zero attached hydrogens (tertiary/aromatic N) is 1. The number of barbiturate groups is 1. The van der Waals surface area contributed by atoms with Gasteiger partial charge in [0.2, 0.25) is 0 Å². The van der Waals surface area contributed by atoms with Gasteiger partial charge in [-0.05, 0) is 59.5 Å². The summed E-state index contributed by atoms with van der Waals surface area (Å²) in [5.41, 5.74) is 0.450. The maximum atomic E-state index is 13.0. The average Bonchev–Trinajstić information content (AvgIpc) is 3.38. The Bertz CT molecular complexity index is 1300. The van der Waals surface area contributed by atoms with Crippen molar-refractivity contribution in [1.82, 2.24) is 5.32 Å². The molecule has 0 spiro atoms. The molecule has 2 aromatic carbocycles. The topological polar surface area (TPSA) is 111 Å². The molecule has 0 aliphatic carbocycles. The van der Waals surface area contributed by atoms with Crippen LogP contribution in [0.25, 0.3) is 6.08 Å². The van der Waals surface area contributed by atoms with Crippen molar-refractivity contribution in [2.45, 2.75) is 0 Å². The van der Waals surface area contributed by atoms with Gasteiger partial charge in [0.25, 0.3) is 11.8 Å². The van der Waals surface area contributed by atoms with Gasteiger partial charge in [-0.25, -0.2) is 14.5 Å². The van der Waals surface area contributed by atoms with Crippen LogP contribution < -0.4 is 24.4 Å². The zero-order chi connectivity index (χ0) is 24.2. The first-order valence-corrected chi connectivity index (χ1v) is 10.8. The van der Waals surface area contributed by atoms with Crippen LogP contribution in [0.4, 0.5) is 10.5 Å². The van der Waals surface area contributed by atoms with Crippen LogP contribution in [0.15, 0.2) is 65.6 Å². The van der Waals surface area contributed by atoms with E-state index in [4.69, 9.17) is 14.2 Å². The molecule has 1 saturated heterocycles. The minimum atomic E-state index is -0.856. The SMILES string of the molecule is COc1ccc(N2C(=O)NC(=O)/C(=C/c3ccc(OC(=O)c4cccs4)c(OC)c3)C2=O)cc1. The number of imide groups is 2. The van der Waals surface area contributed by atoms with Gasteiger partial charge in [0.1, 0.15) is 16.2 Å². The van der Waals surface area contributed by atoms with Gasteiger partial charge in [-0.15, -0.1) is 11.3 Å². The summed E-state index contributed by atoms with van der Waals surface area (Å²) < 4.78 is 15.8. The minimum absolute atomic E-state index is 0.178. The van der Waals surface area contributed by atoms with E-state index in [2.05, 4.69) is 5.32 Å². The Hall–Kier alpha value is -4.44. The fourth-order valence-corrected chi connectivity index (χ4v) is 3.79. The highest BCUT2D eigenvalue weighted by molar-refractivity contribution is 7.12. The Morgan fingerprint density at radius 2 is 1.74 bits per heavy atom. The first kappa shape index (κ1) is 22.7. The van der Waals surface area contributed by atoms with Gasteiger partial charge in [-0.2, -0.15) is 0 Å². The number of rotatable bonds is 6. The number of esters is 1. The monoisotopic (exact) mass is 478 g/mol. The second-order valence-electron chi connectivity index (χ2n) is 6.93. The number of methoxy groups -OCH3 is 2. The fourth-order valence-electron chi connectivity index (χ4n) is 3.19. The number of anilines is 1. The van der Waals surface area contributed by atoms with Gasteiger partial charge in [-0.1, -0.05) is 12.1 Å². The number of benzene rings is 2. The molecule has 0 unspecified atom stereocenters. The van der Waals surface area contributed by atoms with Crippen molar-refractivity contribution >= 4 is 46.9 Å². The molecular formula is C24H18N2O7S. The molecule has 1 aliphatic heterocycles. The Balaban J connectivity index is 1.62. The van der Waals surface area contributed by atoms with Gasteiger partial charge < -0.3 is 14.2 Å². The molecule has 4 rings (SSSR count). The Morgan fingerprint density at radius 3 is 2.38 bits per heavy atom. The van der Waals surface area contributed by atoms with E-state index in [9.17, 15) is 19.2 Å². The van der Waals surface area contributed by atoms with E-state index in [0.717, 1.165) is 4.90 Å². The molecule has 9 nitrogen and oxygen atoms in total. The molecule has 3 aromatic rings. The molecule has 4 amide bonds. The number of urea groups is 1. The number of nitrogens with one attached hydrogen (secondary N) is 1. The number of carbonyl (C=O) groups excluding carboxylic acids is 4. The van der Waals surface area contributed by atoms with Gasteiger partial charge >= 0.3 is 12.0 Å². The summed E-state index contributed by atoms with van der Waals surface area (Å²) in [5.74, 6) is -1.19. The smallest absolute Gasteiger partial charge is 0.353 e. The quantitative estimate of drug-likeness (QED) is 0.249. The number of ether oxygens (including phenoxy) is 3. The highest BCUT2D eigenvalue weighted by Gasteiger charge is 2.36. The number of hydrogen-bond acceptors (Lipinski definition) is 8. The molecule has 0 bridgehead atoms. The van der Waals surface area contributed by atoms with Gasteiger partial charge in [-0.3, -0.25) is 14.9 Å². The fraction of sp³-hybridized carbons (Fsp3) is 0.0833. The molecule has 0 radical (unpaired) electrons. The maximum absolute atomic E-state index is 13.0. The Morgan fingerprint density at radius 1 is 0.971 bits per heavy atom. The summed E-state index contributed by atoms with van der Waals surface area (Å²) in [6.07, 6.45) is 1.33. The molecular weight excluding hydrogens is 460 g/mol. The van der Waals surface area contributed by atoms with Crippen LogP contribution in [0.5, 0.6) is 17.2 Å². The molecule has 172 valence electrons. The van der Waals surface area contributed by atoms with E-state index >= 15 is 0 Å². The summed E-state index contributed by atoms with van der Waals surface area (Å²) in [6, 6.07) is 13.3. The van der Waals surface area contributed by atoms with Gasteiger partial charge in [0.05, 0.1) is 19.9 Å².